The standard InChI is InChI=1S/C16H20N4O4/c1-10(16(24)20-9-13(21)18-8-14(20)22)19-15(23)12(17)7-11-5-3-2-4-6-11/h2-6,10,12H,7-9,17H2,1H3,(H,18,21)(H,19,23)/t10-,12-/m1/s1. The van der Waals surface area contributed by atoms with Crippen molar-refractivity contribution in [3.05, 3.63) is 35.9 Å². The molecule has 0 radical (unpaired) electrons. The fraction of sp³-hybridized carbons (Fsp3) is 0.375. The molecule has 0 aromatic heterocycles. The second kappa shape index (κ2) is 7.69. The summed E-state index contributed by atoms with van der Waals surface area (Å²) in [7, 11) is 0. The number of hydrogen-bond donors (Lipinski definition) is 3. The molecule has 1 aliphatic rings. The van der Waals surface area contributed by atoms with E-state index in [0.717, 1.165) is 10.5 Å². The van der Waals surface area contributed by atoms with Crippen LogP contribution in [0.5, 0.6) is 0 Å². The number of piperazine rings is 1. The summed E-state index contributed by atoms with van der Waals surface area (Å²) in [4.78, 5) is 48.2. The molecule has 0 unspecified atom stereocenters. The van der Waals surface area contributed by atoms with Gasteiger partial charge in [-0.2, -0.15) is 0 Å². The van der Waals surface area contributed by atoms with E-state index < -0.39 is 35.7 Å². The van der Waals surface area contributed by atoms with Crippen LogP contribution in [0.3, 0.4) is 0 Å². The third-order valence-electron chi connectivity index (χ3n) is 3.67. The Morgan fingerprint density at radius 3 is 2.62 bits per heavy atom. The number of benzene rings is 1. The van der Waals surface area contributed by atoms with E-state index in [4.69, 9.17) is 5.73 Å². The second-order valence-electron chi connectivity index (χ2n) is 5.62. The smallest absolute Gasteiger partial charge is 0.251 e. The molecular weight excluding hydrogens is 312 g/mol. The van der Waals surface area contributed by atoms with Crippen LogP contribution in [0.4, 0.5) is 0 Å². The highest BCUT2D eigenvalue weighted by atomic mass is 16.2. The topological polar surface area (TPSA) is 122 Å². The van der Waals surface area contributed by atoms with Gasteiger partial charge in [0.1, 0.15) is 12.6 Å². The first-order chi connectivity index (χ1) is 11.4. The Hall–Kier alpha value is -2.74. The van der Waals surface area contributed by atoms with E-state index in [1.54, 1.807) is 0 Å². The first-order valence-electron chi connectivity index (χ1n) is 7.59. The van der Waals surface area contributed by atoms with Crippen LogP contribution in [0.1, 0.15) is 12.5 Å². The number of imide groups is 1. The van der Waals surface area contributed by atoms with E-state index in [-0.39, 0.29) is 13.1 Å². The van der Waals surface area contributed by atoms with E-state index in [2.05, 4.69) is 10.6 Å². The molecule has 2 atom stereocenters. The van der Waals surface area contributed by atoms with Crippen LogP contribution in [0, 0.1) is 0 Å². The maximum atomic E-state index is 12.2. The van der Waals surface area contributed by atoms with Crippen molar-refractivity contribution in [1.29, 1.82) is 0 Å². The number of amides is 4. The number of hydrogen-bond acceptors (Lipinski definition) is 5. The van der Waals surface area contributed by atoms with Crippen LogP contribution < -0.4 is 16.4 Å². The predicted octanol–water partition coefficient (Wildman–Crippen LogP) is -1.45. The third kappa shape index (κ3) is 4.39. The zero-order valence-corrected chi connectivity index (χ0v) is 13.3. The van der Waals surface area contributed by atoms with Gasteiger partial charge < -0.3 is 16.4 Å². The van der Waals surface area contributed by atoms with Crippen molar-refractivity contribution < 1.29 is 19.2 Å². The Morgan fingerprint density at radius 1 is 1.29 bits per heavy atom. The lowest BCUT2D eigenvalue weighted by molar-refractivity contribution is -0.152. The van der Waals surface area contributed by atoms with Crippen molar-refractivity contribution in [3.63, 3.8) is 0 Å². The molecular formula is C16H20N4O4. The fourth-order valence-electron chi connectivity index (χ4n) is 2.33. The summed E-state index contributed by atoms with van der Waals surface area (Å²) in [5.74, 6) is -2.04. The molecule has 0 bridgehead atoms. The quantitative estimate of drug-likeness (QED) is 0.609. The molecule has 1 aromatic rings. The molecule has 128 valence electrons. The molecule has 1 aliphatic heterocycles. The van der Waals surface area contributed by atoms with Gasteiger partial charge in [-0.15, -0.1) is 0 Å². The Bertz CT molecular complexity index is 647. The van der Waals surface area contributed by atoms with Crippen LogP contribution >= 0.6 is 0 Å². The van der Waals surface area contributed by atoms with Crippen LogP contribution in [0.25, 0.3) is 0 Å². The number of carbonyl (C=O) groups is 4. The highest BCUT2D eigenvalue weighted by Gasteiger charge is 2.32. The molecule has 1 saturated heterocycles. The van der Waals surface area contributed by atoms with Gasteiger partial charge in [0.25, 0.3) is 5.91 Å². The van der Waals surface area contributed by atoms with Gasteiger partial charge in [0.2, 0.25) is 17.7 Å². The molecule has 8 heteroatoms. The first kappa shape index (κ1) is 17.6. The van der Waals surface area contributed by atoms with Gasteiger partial charge in [-0.05, 0) is 18.9 Å². The van der Waals surface area contributed by atoms with E-state index in [9.17, 15) is 19.2 Å². The molecule has 0 spiro atoms. The highest BCUT2D eigenvalue weighted by Crippen LogP contribution is 2.04. The van der Waals surface area contributed by atoms with Gasteiger partial charge in [0.15, 0.2) is 0 Å². The molecule has 2 rings (SSSR count). The molecule has 1 heterocycles. The van der Waals surface area contributed by atoms with E-state index in [1.807, 2.05) is 30.3 Å². The average Bonchev–Trinajstić information content (AvgIpc) is 2.57. The molecule has 4 N–H and O–H groups in total. The minimum Gasteiger partial charge on any atom is -0.345 e. The van der Waals surface area contributed by atoms with Gasteiger partial charge in [-0.25, -0.2) is 0 Å². The van der Waals surface area contributed by atoms with Gasteiger partial charge >= 0.3 is 0 Å². The van der Waals surface area contributed by atoms with Gasteiger partial charge in [0, 0.05) is 0 Å². The monoisotopic (exact) mass is 332 g/mol. The number of nitrogens with zero attached hydrogens (tertiary/aromatic N) is 1. The van der Waals surface area contributed by atoms with Crippen LogP contribution in [0.2, 0.25) is 0 Å². The van der Waals surface area contributed by atoms with Crippen molar-refractivity contribution in [2.75, 3.05) is 13.1 Å². The van der Waals surface area contributed by atoms with Gasteiger partial charge in [0.05, 0.1) is 12.6 Å². The van der Waals surface area contributed by atoms with Crippen LogP contribution in [-0.2, 0) is 25.6 Å². The van der Waals surface area contributed by atoms with Crippen LogP contribution in [0.15, 0.2) is 30.3 Å². The van der Waals surface area contributed by atoms with Gasteiger partial charge in [-0.1, -0.05) is 30.3 Å². The zero-order valence-electron chi connectivity index (χ0n) is 13.3. The Morgan fingerprint density at radius 2 is 1.96 bits per heavy atom. The molecule has 1 aromatic carbocycles. The van der Waals surface area contributed by atoms with Crippen molar-refractivity contribution in [1.82, 2.24) is 15.5 Å². The first-order valence-corrected chi connectivity index (χ1v) is 7.59. The van der Waals surface area contributed by atoms with Crippen molar-refractivity contribution in [3.8, 4) is 0 Å². The van der Waals surface area contributed by atoms with Crippen molar-refractivity contribution >= 4 is 23.6 Å². The van der Waals surface area contributed by atoms with Crippen LogP contribution in [-0.4, -0.2) is 53.7 Å². The summed E-state index contributed by atoms with van der Waals surface area (Å²) in [6, 6.07) is 7.50. The fourth-order valence-corrected chi connectivity index (χ4v) is 2.33. The summed E-state index contributed by atoms with van der Waals surface area (Å²) in [5.41, 5.74) is 6.76. The predicted molar refractivity (Wildman–Crippen MR) is 85.5 cm³/mol. The average molecular weight is 332 g/mol. The summed E-state index contributed by atoms with van der Waals surface area (Å²) in [6.07, 6.45) is 0.332. The lowest BCUT2D eigenvalue weighted by Crippen LogP contribution is -2.59. The SMILES string of the molecule is C[C@@H](NC(=O)[C@H](N)Cc1ccccc1)C(=O)N1CC(=O)NCC1=O. The Labute approximate surface area is 139 Å². The Balaban J connectivity index is 1.91. The zero-order chi connectivity index (χ0) is 17.7. The number of carbonyl (C=O) groups excluding carboxylic acids is 4. The normalized spacial score (nSPS) is 17.0. The van der Waals surface area contributed by atoms with Crippen molar-refractivity contribution in [2.45, 2.75) is 25.4 Å². The van der Waals surface area contributed by atoms with Crippen molar-refractivity contribution in [2.24, 2.45) is 5.73 Å². The highest BCUT2D eigenvalue weighted by molar-refractivity contribution is 6.05. The maximum Gasteiger partial charge on any atom is 0.251 e. The molecule has 24 heavy (non-hydrogen) atoms. The lowest BCUT2D eigenvalue weighted by Gasteiger charge is -2.28. The molecule has 8 nitrogen and oxygen atoms in total. The summed E-state index contributed by atoms with van der Waals surface area (Å²) >= 11 is 0. The molecule has 0 saturated carbocycles. The third-order valence-corrected chi connectivity index (χ3v) is 3.67. The number of nitrogens with two attached hydrogens (primary N) is 1. The largest absolute Gasteiger partial charge is 0.345 e. The summed E-state index contributed by atoms with van der Waals surface area (Å²) in [6.45, 7) is 0.891. The minimum absolute atomic E-state index is 0.223. The lowest BCUT2D eigenvalue weighted by atomic mass is 10.1. The molecule has 0 aliphatic carbocycles. The van der Waals surface area contributed by atoms with E-state index >= 15 is 0 Å². The Kier molecular flexibility index (Phi) is 5.64. The molecule has 4 amide bonds. The maximum absolute atomic E-state index is 12.2. The van der Waals surface area contributed by atoms with E-state index in [1.165, 1.54) is 6.92 Å². The number of rotatable bonds is 5. The molecule has 1 fully saturated rings. The summed E-state index contributed by atoms with van der Waals surface area (Å²) in [5, 5.41) is 4.85. The number of nitrogens with one attached hydrogen (secondary N) is 2. The second-order valence-corrected chi connectivity index (χ2v) is 5.62. The summed E-state index contributed by atoms with van der Waals surface area (Å²) < 4.78 is 0. The van der Waals surface area contributed by atoms with Gasteiger partial charge in [-0.3, -0.25) is 24.1 Å². The van der Waals surface area contributed by atoms with E-state index in [0.29, 0.717) is 6.42 Å². The minimum atomic E-state index is -0.950.